The lowest BCUT2D eigenvalue weighted by atomic mass is 10.1. The van der Waals surface area contributed by atoms with Crippen molar-refractivity contribution in [3.63, 3.8) is 0 Å². The molecule has 0 spiro atoms. The van der Waals surface area contributed by atoms with Gasteiger partial charge in [-0.1, -0.05) is 12.1 Å². The number of benzene rings is 1. The minimum atomic E-state index is -0.506. The summed E-state index contributed by atoms with van der Waals surface area (Å²) in [5.74, 6) is 1.55. The molecule has 2 aliphatic rings. The number of rotatable bonds is 5. The van der Waals surface area contributed by atoms with Crippen LogP contribution in [0.4, 0.5) is 5.95 Å². The largest absolute Gasteiger partial charge is 0.493 e. The highest BCUT2D eigenvalue weighted by atomic mass is 16.6. The number of nitrogens with zero attached hydrogens (tertiary/aromatic N) is 5. The average Bonchev–Trinajstić information content (AvgIpc) is 3.46. The Hall–Kier alpha value is -4.35. The van der Waals surface area contributed by atoms with Gasteiger partial charge in [0.05, 0.1) is 12.2 Å². The number of fused-ring (bicyclic) bond motifs is 2. The third-order valence-electron chi connectivity index (χ3n) is 5.34. The molecular weight excluding hydrogens is 428 g/mol. The summed E-state index contributed by atoms with van der Waals surface area (Å²) in [7, 11) is 0. The van der Waals surface area contributed by atoms with Gasteiger partial charge >= 0.3 is 5.69 Å². The van der Waals surface area contributed by atoms with E-state index in [2.05, 4.69) is 35.3 Å². The predicted molar refractivity (Wildman–Crippen MR) is 116 cm³/mol. The maximum absolute atomic E-state index is 11.5. The molecule has 6 rings (SSSR count). The Morgan fingerprint density at radius 3 is 2.94 bits per heavy atom. The molecule has 1 aliphatic carbocycles. The molecule has 1 aromatic carbocycles. The Labute approximate surface area is 185 Å². The normalized spacial score (nSPS) is 16.5. The van der Waals surface area contributed by atoms with Crippen LogP contribution < -0.4 is 31.3 Å². The van der Waals surface area contributed by atoms with Crippen molar-refractivity contribution in [1.29, 1.82) is 0 Å². The van der Waals surface area contributed by atoms with E-state index in [1.165, 1.54) is 0 Å². The van der Waals surface area contributed by atoms with Gasteiger partial charge in [0.1, 0.15) is 18.9 Å². The molecule has 0 unspecified atom stereocenters. The Balaban J connectivity index is 1.41. The Bertz CT molecular complexity index is 1530. The van der Waals surface area contributed by atoms with E-state index in [1.54, 1.807) is 16.8 Å². The molecule has 4 aromatic rings. The molecular formula is C21H20N8O4. The minimum absolute atomic E-state index is 0.226. The molecule has 12 nitrogen and oxygen atoms in total. The van der Waals surface area contributed by atoms with Gasteiger partial charge in [-0.2, -0.15) is 19.6 Å². The van der Waals surface area contributed by atoms with Gasteiger partial charge in [0.25, 0.3) is 5.62 Å². The summed E-state index contributed by atoms with van der Waals surface area (Å²) in [5, 5.41) is 18.1. The number of aromatic hydroxyl groups is 1. The van der Waals surface area contributed by atoms with Crippen molar-refractivity contribution in [2.45, 2.75) is 25.4 Å². The fraction of sp³-hybridized carbons (Fsp3) is 0.286. The van der Waals surface area contributed by atoms with E-state index in [4.69, 9.17) is 9.47 Å². The summed E-state index contributed by atoms with van der Waals surface area (Å²) in [6.07, 6.45) is 5.20. The number of para-hydroxylation sites is 1. The van der Waals surface area contributed by atoms with E-state index in [0.29, 0.717) is 53.7 Å². The van der Waals surface area contributed by atoms with Gasteiger partial charge in [-0.15, -0.1) is 0 Å². The molecule has 4 N–H and O–H groups in total. The lowest BCUT2D eigenvalue weighted by molar-refractivity contribution is 0.170. The fourth-order valence-corrected chi connectivity index (χ4v) is 3.61. The summed E-state index contributed by atoms with van der Waals surface area (Å²) < 4.78 is 13.0. The number of anilines is 1. The maximum Gasteiger partial charge on any atom is 0.326 e. The van der Waals surface area contributed by atoms with E-state index < -0.39 is 5.69 Å². The van der Waals surface area contributed by atoms with Gasteiger partial charge in [0.2, 0.25) is 11.8 Å². The molecule has 3 aromatic heterocycles. The molecule has 1 aliphatic heterocycles. The van der Waals surface area contributed by atoms with E-state index >= 15 is 0 Å². The highest BCUT2D eigenvalue weighted by molar-refractivity contribution is 5.57. The lowest BCUT2D eigenvalue weighted by Crippen LogP contribution is -2.25. The molecule has 0 atom stereocenters. The van der Waals surface area contributed by atoms with Crippen molar-refractivity contribution >= 4 is 17.7 Å². The standard InChI is InChI=1S/C21H20N8O4/c30-18-14(25-21(31)27-18)8-12-10-23-29-17(12)26-19(28-20(29)24-13-4-5-13)22-9-11-2-1-3-15-16(11)33-7-6-32-15/h1-3,8,10,13,30H,4-7,9H2,(H,22,24,28)(H2,25,27,31). The van der Waals surface area contributed by atoms with Crippen molar-refractivity contribution in [2.75, 3.05) is 18.5 Å². The maximum atomic E-state index is 11.5. The first-order valence-corrected chi connectivity index (χ1v) is 10.6. The Morgan fingerprint density at radius 1 is 1.24 bits per heavy atom. The molecule has 0 saturated heterocycles. The van der Waals surface area contributed by atoms with Crippen molar-refractivity contribution in [1.82, 2.24) is 29.5 Å². The van der Waals surface area contributed by atoms with Crippen LogP contribution >= 0.6 is 0 Å². The number of imidazole rings is 1. The smallest absolute Gasteiger partial charge is 0.326 e. The molecule has 1 fully saturated rings. The summed E-state index contributed by atoms with van der Waals surface area (Å²) in [4.78, 5) is 30.1. The van der Waals surface area contributed by atoms with Crippen LogP contribution in [0.5, 0.6) is 17.4 Å². The van der Waals surface area contributed by atoms with Crippen LogP contribution in [0.25, 0.3) is 11.7 Å². The second-order valence-corrected chi connectivity index (χ2v) is 7.82. The number of hydrogen-bond donors (Lipinski definition) is 4. The van der Waals surface area contributed by atoms with Crippen LogP contribution in [-0.2, 0) is 6.54 Å². The molecule has 1 saturated carbocycles. The van der Waals surface area contributed by atoms with Gasteiger partial charge < -0.3 is 24.9 Å². The number of nitrogens with one attached hydrogen (secondary N) is 3. The second-order valence-electron chi connectivity index (χ2n) is 7.82. The predicted octanol–water partition coefficient (Wildman–Crippen LogP) is -0.160. The molecule has 4 heterocycles. The molecule has 0 radical (unpaired) electrons. The third-order valence-corrected chi connectivity index (χ3v) is 5.34. The number of aromatic nitrogens is 6. The van der Waals surface area contributed by atoms with Crippen molar-refractivity contribution < 1.29 is 14.6 Å². The summed E-state index contributed by atoms with van der Waals surface area (Å²) in [6.45, 7) is 1.45. The number of hydrogen-bond acceptors (Lipinski definition) is 9. The topological polar surface area (TPSA) is 155 Å². The van der Waals surface area contributed by atoms with Crippen molar-refractivity contribution in [2.24, 2.45) is 4.99 Å². The molecule has 12 heteroatoms. The van der Waals surface area contributed by atoms with Gasteiger partial charge in [-0.3, -0.25) is 4.98 Å². The minimum Gasteiger partial charge on any atom is -0.493 e. The Kier molecular flexibility index (Phi) is 4.49. The van der Waals surface area contributed by atoms with Crippen LogP contribution in [0.3, 0.4) is 0 Å². The first kappa shape index (κ1) is 19.3. The number of aromatic amines is 2. The first-order valence-electron chi connectivity index (χ1n) is 10.6. The lowest BCUT2D eigenvalue weighted by Gasteiger charge is -2.21. The summed E-state index contributed by atoms with van der Waals surface area (Å²) in [5.41, 5.74) is 1.58. The fourth-order valence-electron chi connectivity index (χ4n) is 3.61. The third kappa shape index (κ3) is 3.75. The average molecular weight is 448 g/mol. The van der Waals surface area contributed by atoms with Crippen LogP contribution in [0, 0.1) is 0 Å². The van der Waals surface area contributed by atoms with E-state index in [0.717, 1.165) is 18.4 Å². The Morgan fingerprint density at radius 2 is 2.12 bits per heavy atom. The highest BCUT2D eigenvalue weighted by Crippen LogP contribution is 2.33. The van der Waals surface area contributed by atoms with Crippen molar-refractivity contribution in [3.8, 4) is 17.4 Å². The van der Waals surface area contributed by atoms with Crippen LogP contribution in [0.1, 0.15) is 24.1 Å². The molecule has 0 bridgehead atoms. The molecule has 0 amide bonds. The van der Waals surface area contributed by atoms with Gasteiger partial charge in [0.15, 0.2) is 17.1 Å². The van der Waals surface area contributed by atoms with E-state index in [9.17, 15) is 9.90 Å². The second kappa shape index (κ2) is 7.65. The molecule has 33 heavy (non-hydrogen) atoms. The quantitative estimate of drug-likeness (QED) is 0.328. The zero-order valence-corrected chi connectivity index (χ0v) is 17.4. The van der Waals surface area contributed by atoms with Gasteiger partial charge in [0, 0.05) is 17.3 Å². The zero-order chi connectivity index (χ0) is 22.4. The van der Waals surface area contributed by atoms with Crippen molar-refractivity contribution in [3.05, 3.63) is 57.0 Å². The number of ether oxygens (including phenoxy) is 2. The van der Waals surface area contributed by atoms with Crippen LogP contribution in [0.15, 0.2) is 34.2 Å². The zero-order valence-electron chi connectivity index (χ0n) is 17.4. The van der Waals surface area contributed by atoms with Crippen LogP contribution in [0.2, 0.25) is 0 Å². The highest BCUT2D eigenvalue weighted by Gasteiger charge is 2.21. The van der Waals surface area contributed by atoms with Crippen LogP contribution in [-0.4, -0.2) is 53.9 Å². The molecule has 168 valence electrons. The van der Waals surface area contributed by atoms with E-state index in [1.807, 2.05) is 18.2 Å². The van der Waals surface area contributed by atoms with Gasteiger partial charge in [-0.05, 0) is 25.0 Å². The first-order chi connectivity index (χ1) is 16.1. The van der Waals surface area contributed by atoms with E-state index in [-0.39, 0.29) is 17.6 Å². The number of H-pyrrole nitrogens is 2. The monoisotopic (exact) mass is 448 g/mol. The SMILES string of the molecule is O=c1[nH]c(O)c(C=c2cnn3c(=NC4CC4)nc(NCc4cccc5c4OCCO5)nc23)[nH]1. The summed E-state index contributed by atoms with van der Waals surface area (Å²) in [6, 6.07) is 5.97. The summed E-state index contributed by atoms with van der Waals surface area (Å²) >= 11 is 0. The van der Waals surface area contributed by atoms with Gasteiger partial charge in [-0.25, -0.2) is 9.79 Å².